The molecular weight excluding hydrogens is 340 g/mol. The van der Waals surface area contributed by atoms with Crippen LogP contribution in [0.25, 0.3) is 0 Å². The van der Waals surface area contributed by atoms with Gasteiger partial charge >= 0.3 is 0 Å². The van der Waals surface area contributed by atoms with Gasteiger partial charge in [0, 0.05) is 16.0 Å². The first-order valence-electron chi connectivity index (χ1n) is 8.16. The van der Waals surface area contributed by atoms with Crippen molar-refractivity contribution in [2.24, 2.45) is 5.41 Å². The van der Waals surface area contributed by atoms with Gasteiger partial charge in [0.05, 0.1) is 0 Å². The maximum Gasteiger partial charge on any atom is 0.00959 e. The van der Waals surface area contributed by atoms with Crippen molar-refractivity contribution in [3.8, 4) is 0 Å². The summed E-state index contributed by atoms with van der Waals surface area (Å²) < 4.78 is 0. The van der Waals surface area contributed by atoms with E-state index < -0.39 is 0 Å². The highest BCUT2D eigenvalue weighted by atomic mass is 79.9. The maximum atomic E-state index is 3.77. The van der Waals surface area contributed by atoms with Crippen LogP contribution in [0.5, 0.6) is 0 Å². The zero-order valence-corrected chi connectivity index (χ0v) is 16.7. The van der Waals surface area contributed by atoms with E-state index in [1.54, 1.807) is 0 Å². The molecule has 0 radical (unpaired) electrons. The molecule has 21 heavy (non-hydrogen) atoms. The summed E-state index contributed by atoms with van der Waals surface area (Å²) in [6, 6.07) is 9.17. The fourth-order valence-corrected chi connectivity index (χ4v) is 5.00. The lowest BCUT2D eigenvalue weighted by atomic mass is 9.83. The van der Waals surface area contributed by atoms with Crippen molar-refractivity contribution in [3.63, 3.8) is 0 Å². The molecule has 0 aliphatic heterocycles. The Morgan fingerprint density at radius 3 is 1.86 bits per heavy atom. The minimum absolute atomic E-state index is 0.243. The van der Waals surface area contributed by atoms with Gasteiger partial charge in [-0.1, -0.05) is 75.5 Å². The van der Waals surface area contributed by atoms with Crippen LogP contribution in [0.3, 0.4) is 0 Å². The summed E-state index contributed by atoms with van der Waals surface area (Å²) >= 11 is 5.79. The first kappa shape index (κ1) is 19.1. The van der Waals surface area contributed by atoms with Crippen molar-refractivity contribution < 1.29 is 0 Å². The summed E-state index contributed by atoms with van der Waals surface area (Å²) in [4.78, 5) is 1.40. The summed E-state index contributed by atoms with van der Waals surface area (Å²) in [5, 5.41) is 1.12. The molecule has 0 nitrogen and oxygen atoms in total. The lowest BCUT2D eigenvalue weighted by Gasteiger charge is -2.31. The molecule has 0 heterocycles. The second-order valence-electron chi connectivity index (χ2n) is 7.20. The third-order valence-electron chi connectivity index (χ3n) is 4.11. The number of halogens is 1. The smallest absolute Gasteiger partial charge is 0.00959 e. The van der Waals surface area contributed by atoms with Crippen LogP contribution >= 0.6 is 27.7 Å². The lowest BCUT2D eigenvalue weighted by molar-refractivity contribution is 0.320. The molecule has 0 aliphatic carbocycles. The van der Waals surface area contributed by atoms with Crippen molar-refractivity contribution in [1.82, 2.24) is 0 Å². The van der Waals surface area contributed by atoms with E-state index in [9.17, 15) is 0 Å². The standard InChI is InChI=1S/C19H31BrS/c1-6-12-19(14-20,13-7-2)15-21-17-10-8-16(9-11-17)18(3,4)5/h8-11H,6-7,12-15H2,1-5H3. The van der Waals surface area contributed by atoms with E-state index in [0.29, 0.717) is 5.41 Å². The van der Waals surface area contributed by atoms with Gasteiger partial charge in [-0.3, -0.25) is 0 Å². The zero-order valence-electron chi connectivity index (χ0n) is 14.3. The molecule has 1 aromatic rings. The SMILES string of the molecule is CCCC(CBr)(CCC)CSc1ccc(C(C)(C)C)cc1. The Bertz CT molecular complexity index is 397. The monoisotopic (exact) mass is 370 g/mol. The summed E-state index contributed by atoms with van der Waals surface area (Å²) in [6.07, 6.45) is 5.18. The van der Waals surface area contributed by atoms with Gasteiger partial charge in [-0.25, -0.2) is 0 Å². The van der Waals surface area contributed by atoms with Crippen molar-refractivity contribution in [2.75, 3.05) is 11.1 Å². The molecule has 1 aromatic carbocycles. The Labute approximate surface area is 144 Å². The van der Waals surface area contributed by atoms with Crippen LogP contribution in [0.1, 0.15) is 65.9 Å². The molecular formula is C19H31BrS. The Morgan fingerprint density at radius 1 is 0.952 bits per heavy atom. The Balaban J connectivity index is 2.71. The van der Waals surface area contributed by atoms with E-state index in [-0.39, 0.29) is 5.41 Å². The highest BCUT2D eigenvalue weighted by Crippen LogP contribution is 2.38. The van der Waals surface area contributed by atoms with E-state index in [2.05, 4.69) is 74.8 Å². The average molecular weight is 371 g/mol. The molecule has 0 fully saturated rings. The Morgan fingerprint density at radius 2 is 1.48 bits per heavy atom. The van der Waals surface area contributed by atoms with Gasteiger partial charge in [-0.05, 0) is 41.4 Å². The third-order valence-corrected chi connectivity index (χ3v) is 6.66. The maximum absolute atomic E-state index is 3.77. The van der Waals surface area contributed by atoms with E-state index >= 15 is 0 Å². The number of hydrogen-bond donors (Lipinski definition) is 0. The normalized spacial score (nSPS) is 12.7. The van der Waals surface area contributed by atoms with Gasteiger partial charge in [0.15, 0.2) is 0 Å². The summed E-state index contributed by atoms with van der Waals surface area (Å²) in [5.41, 5.74) is 2.12. The van der Waals surface area contributed by atoms with Crippen LogP contribution in [0.2, 0.25) is 0 Å². The molecule has 1 rings (SSSR count). The second-order valence-corrected chi connectivity index (χ2v) is 8.81. The highest BCUT2D eigenvalue weighted by Gasteiger charge is 2.27. The molecule has 0 aliphatic rings. The van der Waals surface area contributed by atoms with E-state index in [1.807, 2.05) is 11.8 Å². The van der Waals surface area contributed by atoms with Crippen LogP contribution in [-0.2, 0) is 5.41 Å². The van der Waals surface area contributed by atoms with Crippen molar-refractivity contribution in [1.29, 1.82) is 0 Å². The number of benzene rings is 1. The largest absolute Gasteiger partial charge is 0.126 e. The predicted molar refractivity (Wildman–Crippen MR) is 102 cm³/mol. The van der Waals surface area contributed by atoms with Crippen LogP contribution in [0.4, 0.5) is 0 Å². The van der Waals surface area contributed by atoms with E-state index in [1.165, 1.54) is 41.9 Å². The van der Waals surface area contributed by atoms with Gasteiger partial charge in [-0.15, -0.1) is 11.8 Å². The number of thioether (sulfide) groups is 1. The number of alkyl halides is 1. The van der Waals surface area contributed by atoms with E-state index in [0.717, 1.165) is 5.33 Å². The van der Waals surface area contributed by atoms with Crippen LogP contribution in [0, 0.1) is 5.41 Å². The molecule has 0 bridgehead atoms. The second kappa shape index (κ2) is 8.62. The summed E-state index contributed by atoms with van der Waals surface area (Å²) in [6.45, 7) is 11.4. The van der Waals surface area contributed by atoms with Gasteiger partial charge in [0.25, 0.3) is 0 Å². The molecule has 2 heteroatoms. The molecule has 0 N–H and O–H groups in total. The minimum Gasteiger partial charge on any atom is -0.126 e. The fraction of sp³-hybridized carbons (Fsp3) is 0.684. The molecule has 0 unspecified atom stereocenters. The number of hydrogen-bond acceptors (Lipinski definition) is 1. The van der Waals surface area contributed by atoms with Gasteiger partial charge in [0.2, 0.25) is 0 Å². The quantitative estimate of drug-likeness (QED) is 0.348. The fourth-order valence-electron chi connectivity index (χ4n) is 2.79. The Kier molecular flexibility index (Phi) is 7.84. The highest BCUT2D eigenvalue weighted by molar-refractivity contribution is 9.09. The van der Waals surface area contributed by atoms with Crippen molar-refractivity contribution >= 4 is 27.7 Å². The van der Waals surface area contributed by atoms with Gasteiger partial charge < -0.3 is 0 Å². The topological polar surface area (TPSA) is 0 Å². The number of rotatable bonds is 8. The summed E-state index contributed by atoms with van der Waals surface area (Å²) in [7, 11) is 0. The van der Waals surface area contributed by atoms with Gasteiger partial charge in [-0.2, -0.15) is 0 Å². The van der Waals surface area contributed by atoms with Crippen molar-refractivity contribution in [3.05, 3.63) is 29.8 Å². The molecule has 120 valence electrons. The average Bonchev–Trinajstić information content (AvgIpc) is 2.45. The molecule has 0 spiro atoms. The summed E-state index contributed by atoms with van der Waals surface area (Å²) in [5.74, 6) is 1.22. The molecule has 0 saturated carbocycles. The molecule has 0 amide bonds. The van der Waals surface area contributed by atoms with Crippen LogP contribution in [0.15, 0.2) is 29.2 Å². The predicted octanol–water partition coefficient (Wildman–Crippen LogP) is 7.06. The molecule has 0 aromatic heterocycles. The Hall–Kier alpha value is 0.0500. The first-order valence-corrected chi connectivity index (χ1v) is 10.3. The first-order chi connectivity index (χ1) is 9.87. The van der Waals surface area contributed by atoms with Crippen molar-refractivity contribution in [2.45, 2.75) is 70.6 Å². The zero-order chi connectivity index (χ0) is 15.9. The van der Waals surface area contributed by atoms with Crippen LogP contribution in [-0.4, -0.2) is 11.1 Å². The van der Waals surface area contributed by atoms with Crippen LogP contribution < -0.4 is 0 Å². The molecule has 0 saturated heterocycles. The minimum atomic E-state index is 0.243. The molecule has 0 atom stereocenters. The van der Waals surface area contributed by atoms with E-state index in [4.69, 9.17) is 0 Å². The lowest BCUT2D eigenvalue weighted by Crippen LogP contribution is -2.25. The van der Waals surface area contributed by atoms with Gasteiger partial charge in [0.1, 0.15) is 0 Å². The third kappa shape index (κ3) is 5.98.